The van der Waals surface area contributed by atoms with E-state index in [4.69, 9.17) is 4.74 Å². The minimum Gasteiger partial charge on any atom is -0.465 e. The first-order valence-corrected chi connectivity index (χ1v) is 7.91. The molecule has 0 saturated heterocycles. The van der Waals surface area contributed by atoms with Gasteiger partial charge in [0.15, 0.2) is 5.78 Å². The number of esters is 1. The van der Waals surface area contributed by atoms with Crippen LogP contribution in [0.15, 0.2) is 35.1 Å². The maximum atomic E-state index is 12.6. The number of carbonyl (C=O) groups is 2. The molecule has 0 unspecified atom stereocenters. The van der Waals surface area contributed by atoms with Crippen LogP contribution in [0.25, 0.3) is 11.3 Å². The van der Waals surface area contributed by atoms with Crippen molar-refractivity contribution in [2.24, 2.45) is 7.05 Å². The van der Waals surface area contributed by atoms with E-state index in [1.54, 1.807) is 14.0 Å². The SMILES string of the molecule is CCOC(=O)CN(C)c1c(C(C)=O)c(-c2ccccc2)nn(C)c1=O. The second-order valence-electron chi connectivity index (χ2n) is 5.58. The third kappa shape index (κ3) is 3.93. The molecule has 0 spiro atoms. The molecule has 0 bridgehead atoms. The van der Waals surface area contributed by atoms with E-state index < -0.39 is 11.5 Å². The Morgan fingerprint density at radius 2 is 1.88 bits per heavy atom. The lowest BCUT2D eigenvalue weighted by atomic mass is 10.0. The predicted octanol–water partition coefficient (Wildman–Crippen LogP) is 1.65. The van der Waals surface area contributed by atoms with Gasteiger partial charge < -0.3 is 9.64 Å². The Labute approximate surface area is 145 Å². The minimum atomic E-state index is -0.473. The topological polar surface area (TPSA) is 81.5 Å². The Kier molecular flexibility index (Phi) is 5.69. The van der Waals surface area contributed by atoms with E-state index in [-0.39, 0.29) is 30.2 Å². The number of carbonyl (C=O) groups excluding carboxylic acids is 2. The summed E-state index contributed by atoms with van der Waals surface area (Å²) in [6, 6.07) is 9.14. The Morgan fingerprint density at radius 1 is 1.24 bits per heavy atom. The number of rotatable bonds is 6. The summed E-state index contributed by atoms with van der Waals surface area (Å²) in [5.74, 6) is -0.769. The Balaban J connectivity index is 2.66. The van der Waals surface area contributed by atoms with Crippen LogP contribution < -0.4 is 10.5 Å². The fourth-order valence-electron chi connectivity index (χ4n) is 2.58. The first kappa shape index (κ1) is 18.4. The van der Waals surface area contributed by atoms with Crippen molar-refractivity contribution in [1.82, 2.24) is 9.78 Å². The summed E-state index contributed by atoms with van der Waals surface area (Å²) in [6.07, 6.45) is 0. The molecule has 0 aliphatic rings. The van der Waals surface area contributed by atoms with Crippen molar-refractivity contribution < 1.29 is 14.3 Å². The van der Waals surface area contributed by atoms with Gasteiger partial charge in [0.1, 0.15) is 17.9 Å². The van der Waals surface area contributed by atoms with Gasteiger partial charge in [-0.1, -0.05) is 30.3 Å². The van der Waals surface area contributed by atoms with Crippen LogP contribution in [0, 0.1) is 0 Å². The van der Waals surface area contributed by atoms with Crippen molar-refractivity contribution in [3.63, 3.8) is 0 Å². The van der Waals surface area contributed by atoms with Gasteiger partial charge in [0, 0.05) is 19.7 Å². The van der Waals surface area contributed by atoms with Crippen LogP contribution in [-0.4, -0.2) is 41.7 Å². The molecule has 132 valence electrons. The van der Waals surface area contributed by atoms with Crippen LogP contribution in [0.1, 0.15) is 24.2 Å². The number of hydrogen-bond donors (Lipinski definition) is 0. The van der Waals surface area contributed by atoms with Crippen molar-refractivity contribution in [2.75, 3.05) is 25.1 Å². The molecule has 0 fully saturated rings. The van der Waals surface area contributed by atoms with E-state index in [0.29, 0.717) is 11.3 Å². The number of hydrogen-bond acceptors (Lipinski definition) is 6. The van der Waals surface area contributed by atoms with Crippen LogP contribution in [0.5, 0.6) is 0 Å². The van der Waals surface area contributed by atoms with Crippen LogP contribution in [0.2, 0.25) is 0 Å². The fraction of sp³-hybridized carbons (Fsp3) is 0.333. The predicted molar refractivity (Wildman–Crippen MR) is 94.8 cm³/mol. The maximum Gasteiger partial charge on any atom is 0.325 e. The first-order chi connectivity index (χ1) is 11.9. The lowest BCUT2D eigenvalue weighted by Crippen LogP contribution is -2.36. The first-order valence-electron chi connectivity index (χ1n) is 7.91. The molecule has 0 radical (unpaired) electrons. The van der Waals surface area contributed by atoms with Crippen molar-refractivity contribution >= 4 is 17.4 Å². The molecule has 0 aliphatic heterocycles. The van der Waals surface area contributed by atoms with Gasteiger partial charge in [0.25, 0.3) is 5.56 Å². The van der Waals surface area contributed by atoms with Gasteiger partial charge in [-0.25, -0.2) is 4.68 Å². The number of ether oxygens (including phenoxy) is 1. The van der Waals surface area contributed by atoms with Crippen LogP contribution in [0.3, 0.4) is 0 Å². The highest BCUT2D eigenvalue weighted by molar-refractivity contribution is 6.05. The van der Waals surface area contributed by atoms with Crippen LogP contribution in [0.4, 0.5) is 5.69 Å². The average molecular weight is 343 g/mol. The molecule has 0 saturated carbocycles. The monoisotopic (exact) mass is 343 g/mol. The largest absolute Gasteiger partial charge is 0.465 e. The molecule has 2 aromatic rings. The Hall–Kier alpha value is -2.96. The summed E-state index contributed by atoms with van der Waals surface area (Å²) in [6.45, 7) is 3.19. The van der Waals surface area contributed by atoms with E-state index in [0.717, 1.165) is 0 Å². The molecule has 1 aromatic carbocycles. The Morgan fingerprint density at radius 3 is 2.44 bits per heavy atom. The van der Waals surface area contributed by atoms with Gasteiger partial charge >= 0.3 is 5.97 Å². The molecule has 7 heteroatoms. The zero-order valence-corrected chi connectivity index (χ0v) is 14.8. The van der Waals surface area contributed by atoms with Crippen molar-refractivity contribution in [1.29, 1.82) is 0 Å². The second-order valence-corrected chi connectivity index (χ2v) is 5.58. The van der Waals surface area contributed by atoms with Gasteiger partial charge in [-0.3, -0.25) is 14.4 Å². The van der Waals surface area contributed by atoms with E-state index >= 15 is 0 Å². The summed E-state index contributed by atoms with van der Waals surface area (Å²) in [4.78, 5) is 38.1. The number of nitrogens with zero attached hydrogens (tertiary/aromatic N) is 3. The maximum absolute atomic E-state index is 12.6. The molecule has 0 atom stereocenters. The molecule has 1 heterocycles. The van der Waals surface area contributed by atoms with Crippen molar-refractivity contribution in [2.45, 2.75) is 13.8 Å². The summed E-state index contributed by atoms with van der Waals surface area (Å²) >= 11 is 0. The van der Waals surface area contributed by atoms with Gasteiger partial charge in [0.05, 0.1) is 12.2 Å². The fourth-order valence-corrected chi connectivity index (χ4v) is 2.58. The normalized spacial score (nSPS) is 10.4. The third-order valence-corrected chi connectivity index (χ3v) is 3.67. The van der Waals surface area contributed by atoms with Crippen LogP contribution >= 0.6 is 0 Å². The molecule has 7 nitrogen and oxygen atoms in total. The number of likely N-dealkylation sites (N-methyl/N-ethyl adjacent to an activating group) is 1. The van der Waals surface area contributed by atoms with E-state index in [1.807, 2.05) is 30.3 Å². The molecule has 2 rings (SSSR count). The molecule has 1 aromatic heterocycles. The lowest BCUT2D eigenvalue weighted by molar-refractivity contribution is -0.141. The summed E-state index contributed by atoms with van der Waals surface area (Å²) in [5.41, 5.74) is 1.00. The van der Waals surface area contributed by atoms with E-state index in [9.17, 15) is 14.4 Å². The van der Waals surface area contributed by atoms with Gasteiger partial charge in [-0.05, 0) is 13.8 Å². The van der Waals surface area contributed by atoms with Crippen LogP contribution in [-0.2, 0) is 16.6 Å². The standard InChI is InChI=1S/C18H21N3O4/c1-5-25-14(23)11-20(3)17-15(12(2)22)16(19-21(4)18(17)24)13-9-7-6-8-10-13/h6-10H,5,11H2,1-4H3. The molecular formula is C18H21N3O4. The highest BCUT2D eigenvalue weighted by Crippen LogP contribution is 2.26. The zero-order valence-electron chi connectivity index (χ0n) is 14.8. The molecular weight excluding hydrogens is 322 g/mol. The lowest BCUT2D eigenvalue weighted by Gasteiger charge is -2.22. The zero-order chi connectivity index (χ0) is 18.6. The highest BCUT2D eigenvalue weighted by atomic mass is 16.5. The summed E-state index contributed by atoms with van der Waals surface area (Å²) in [7, 11) is 3.09. The summed E-state index contributed by atoms with van der Waals surface area (Å²) < 4.78 is 6.10. The number of anilines is 1. The minimum absolute atomic E-state index is 0.136. The Bertz CT molecular complexity index is 843. The number of benzene rings is 1. The van der Waals surface area contributed by atoms with Crippen molar-refractivity contribution in [3.8, 4) is 11.3 Å². The number of ketones is 1. The average Bonchev–Trinajstić information content (AvgIpc) is 2.57. The number of Topliss-reactive ketones (excluding diaryl/α,β-unsaturated/α-hetero) is 1. The molecule has 0 amide bonds. The third-order valence-electron chi connectivity index (χ3n) is 3.67. The quantitative estimate of drug-likeness (QED) is 0.586. The molecule has 25 heavy (non-hydrogen) atoms. The van der Waals surface area contributed by atoms with Crippen molar-refractivity contribution in [3.05, 3.63) is 46.2 Å². The summed E-state index contributed by atoms with van der Waals surface area (Å²) in [5, 5.41) is 4.26. The van der Waals surface area contributed by atoms with Gasteiger partial charge in [-0.2, -0.15) is 5.10 Å². The second kappa shape index (κ2) is 7.74. The van der Waals surface area contributed by atoms with Gasteiger partial charge in [-0.15, -0.1) is 0 Å². The van der Waals surface area contributed by atoms with Gasteiger partial charge in [0.2, 0.25) is 0 Å². The number of aromatic nitrogens is 2. The highest BCUT2D eigenvalue weighted by Gasteiger charge is 2.24. The smallest absolute Gasteiger partial charge is 0.325 e. The van der Waals surface area contributed by atoms with E-state index in [1.165, 1.54) is 23.6 Å². The number of aryl methyl sites for hydroxylation is 1. The van der Waals surface area contributed by atoms with E-state index in [2.05, 4.69) is 5.10 Å². The molecule has 0 N–H and O–H groups in total. The molecule has 0 aliphatic carbocycles.